The summed E-state index contributed by atoms with van der Waals surface area (Å²) in [6.07, 6.45) is 18.6. The molecule has 0 amide bonds. The van der Waals surface area contributed by atoms with Crippen molar-refractivity contribution in [1.82, 2.24) is 15.6 Å². The van der Waals surface area contributed by atoms with E-state index in [0.717, 1.165) is 92.3 Å². The molecule has 1 spiro atoms. The number of aromatic nitrogens is 1. The summed E-state index contributed by atoms with van der Waals surface area (Å²) in [7, 11) is 1.69. The Labute approximate surface area is 371 Å². The fraction of sp³-hybridized carbons (Fsp3) is 0.700. The lowest BCUT2D eigenvalue weighted by molar-refractivity contribution is 0.101. The van der Waals surface area contributed by atoms with Crippen LogP contribution < -0.4 is 26.8 Å². The molecule has 0 bridgehead atoms. The molecule has 1 aromatic carbocycles. The van der Waals surface area contributed by atoms with Crippen molar-refractivity contribution in [3.05, 3.63) is 69.9 Å². The number of aryl methyl sites for hydroxylation is 3. The number of furan rings is 1. The van der Waals surface area contributed by atoms with Crippen LogP contribution in [0.4, 0.5) is 0 Å². The van der Waals surface area contributed by atoms with E-state index in [2.05, 4.69) is 33.6 Å². The summed E-state index contributed by atoms with van der Waals surface area (Å²) >= 11 is 0. The first-order chi connectivity index (χ1) is 30.0. The van der Waals surface area contributed by atoms with E-state index in [9.17, 15) is 20.4 Å². The molecule has 0 unspecified atom stereocenters. The van der Waals surface area contributed by atoms with Crippen LogP contribution in [-0.2, 0) is 32.3 Å². The molecule has 2 heterocycles. The van der Waals surface area contributed by atoms with Crippen molar-refractivity contribution < 1.29 is 29.6 Å². The molecule has 2 aromatic heterocycles. The number of nitrogens with zero attached hydrogens (tertiary/aromatic N) is 1. The molecule has 3 aliphatic rings. The molecule has 6 rings (SSSR count). The smallest absolute Gasteiger partial charge is 0.188 e. The number of nitrogens with one attached hydrogen (secondary N) is 3. The number of unbranched alkanes of at least 4 members (excludes halogenated alkanes) is 1. The Bertz CT molecular complexity index is 1830. The van der Waals surface area contributed by atoms with Crippen LogP contribution in [0.2, 0.25) is 0 Å². The lowest BCUT2D eigenvalue weighted by Gasteiger charge is -2.39. The number of rotatable bonds is 25. The summed E-state index contributed by atoms with van der Waals surface area (Å²) in [5.74, 6) is 5.38. The number of phenols is 1. The van der Waals surface area contributed by atoms with Crippen molar-refractivity contribution in [1.29, 1.82) is 0 Å². The molecule has 7 atom stereocenters. The first kappa shape index (κ1) is 47.9. The second kappa shape index (κ2) is 23.4. The standard InChI is InChI=1S/C50H80N6O6/c1-33(28-55-49(52)53-3)10-8-12-35(20-23-51)11-4-5-15-47-37(31-57)25-38(62-47)18-16-36-17-19-45(59)48(24-36)61-32-46(60)43-26-40-41(30-54-29-34(2)58)39-13-9-14-42(39)50(21-6-7-22-50)27-44(40)56-43/h17,19,24-26,33-35,39,41-42,46,54,56-60H,4-16,18,20-23,27-32,51H2,1-3H3,(H3,52,53,55)/t33-,34+,35-,39+,41+,42+,46+/m1/s1. The molecule has 0 radical (unpaired) electrons. The van der Waals surface area contributed by atoms with Gasteiger partial charge < -0.3 is 56.7 Å². The summed E-state index contributed by atoms with van der Waals surface area (Å²) < 4.78 is 12.4. The largest absolute Gasteiger partial charge is 0.504 e. The lowest BCUT2D eigenvalue weighted by Crippen LogP contribution is -2.36. The number of aliphatic hydroxyl groups excluding tert-OH is 3. The molecule has 0 saturated heterocycles. The van der Waals surface area contributed by atoms with Gasteiger partial charge in [-0.05, 0) is 136 Å². The number of aliphatic hydroxyl groups is 3. The Hall–Kier alpha value is -3.55. The molecule has 11 N–H and O–H groups in total. The van der Waals surface area contributed by atoms with E-state index in [1.165, 1.54) is 69.0 Å². The number of hydrogen-bond donors (Lipinski definition) is 9. The Balaban J connectivity index is 1.00. The molecule has 2 fully saturated rings. The number of nitrogens with two attached hydrogens (primary N) is 2. The van der Waals surface area contributed by atoms with Crippen LogP contribution >= 0.6 is 0 Å². The fourth-order valence-electron chi connectivity index (χ4n) is 11.4. The maximum atomic E-state index is 11.5. The number of aliphatic imine (C=N–C) groups is 1. The zero-order valence-corrected chi connectivity index (χ0v) is 38.1. The topological polar surface area (TPSA) is 208 Å². The molecule has 3 aromatic rings. The van der Waals surface area contributed by atoms with E-state index in [0.29, 0.717) is 66.7 Å². The number of benzene rings is 1. The van der Waals surface area contributed by atoms with Crippen LogP contribution in [0.15, 0.2) is 39.7 Å². The number of guanidine groups is 1. The highest BCUT2D eigenvalue weighted by atomic mass is 16.5. The monoisotopic (exact) mass is 861 g/mol. The van der Waals surface area contributed by atoms with Gasteiger partial charge in [0.2, 0.25) is 0 Å². The molecule has 62 heavy (non-hydrogen) atoms. The van der Waals surface area contributed by atoms with Crippen LogP contribution in [0.1, 0.15) is 155 Å². The number of ether oxygens (including phenoxy) is 1. The average molecular weight is 861 g/mol. The summed E-state index contributed by atoms with van der Waals surface area (Å²) in [5, 5.41) is 49.2. The molecule has 346 valence electrons. The minimum absolute atomic E-state index is 0.00892. The van der Waals surface area contributed by atoms with Gasteiger partial charge in [0.15, 0.2) is 17.5 Å². The predicted octanol–water partition coefficient (Wildman–Crippen LogP) is 7.31. The van der Waals surface area contributed by atoms with E-state index in [4.69, 9.17) is 20.6 Å². The highest BCUT2D eigenvalue weighted by Crippen LogP contribution is 2.60. The Kier molecular flexibility index (Phi) is 18.1. The van der Waals surface area contributed by atoms with Crippen molar-refractivity contribution in [3.8, 4) is 11.5 Å². The van der Waals surface area contributed by atoms with E-state index in [1.54, 1.807) is 13.1 Å². The SMILES string of the molecule is CN=C(N)NC[C@H](C)CCC[C@H](CCN)CCCCc1oc(CCc2ccc(O)c(OC[C@H](O)c3cc4c([nH]3)CC3(CCCC3)[C@H]3CCC[C@H]3[C@@H]4CNC[C@H](C)O)c2)cc1CO. The quantitative estimate of drug-likeness (QED) is 0.0236. The highest BCUT2D eigenvalue weighted by molar-refractivity contribution is 5.77. The zero-order chi connectivity index (χ0) is 44.1. The average Bonchev–Trinajstić information content (AvgIpc) is 4.09. The van der Waals surface area contributed by atoms with Gasteiger partial charge in [-0.2, -0.15) is 0 Å². The van der Waals surface area contributed by atoms with Crippen molar-refractivity contribution >= 4 is 5.96 Å². The Morgan fingerprint density at radius 1 is 0.984 bits per heavy atom. The van der Waals surface area contributed by atoms with Gasteiger partial charge in [0.05, 0.1) is 12.7 Å². The summed E-state index contributed by atoms with van der Waals surface area (Å²) in [6, 6.07) is 9.55. The number of fused-ring (bicyclic) bond motifs is 3. The van der Waals surface area contributed by atoms with Crippen LogP contribution in [0.25, 0.3) is 0 Å². The maximum Gasteiger partial charge on any atom is 0.188 e. The van der Waals surface area contributed by atoms with E-state index in [1.807, 2.05) is 25.1 Å². The van der Waals surface area contributed by atoms with Gasteiger partial charge in [0, 0.05) is 62.4 Å². The van der Waals surface area contributed by atoms with Gasteiger partial charge in [-0.1, -0.05) is 57.9 Å². The van der Waals surface area contributed by atoms with E-state index in [-0.39, 0.29) is 19.0 Å². The van der Waals surface area contributed by atoms with Crippen molar-refractivity contribution in [2.24, 2.45) is 45.5 Å². The molecular weight excluding hydrogens is 781 g/mol. The zero-order valence-electron chi connectivity index (χ0n) is 38.1. The maximum absolute atomic E-state index is 11.5. The first-order valence-electron chi connectivity index (χ1n) is 24.1. The van der Waals surface area contributed by atoms with Crippen LogP contribution in [-0.4, -0.2) is 77.3 Å². The van der Waals surface area contributed by atoms with Gasteiger partial charge in [0.1, 0.15) is 24.2 Å². The van der Waals surface area contributed by atoms with E-state index < -0.39 is 12.2 Å². The molecule has 12 nitrogen and oxygen atoms in total. The summed E-state index contributed by atoms with van der Waals surface area (Å²) in [6.45, 7) is 6.96. The predicted molar refractivity (Wildman–Crippen MR) is 247 cm³/mol. The number of H-pyrrole nitrogens is 1. The summed E-state index contributed by atoms with van der Waals surface area (Å²) in [4.78, 5) is 7.66. The number of aromatic amines is 1. The van der Waals surface area contributed by atoms with Gasteiger partial charge in [-0.15, -0.1) is 0 Å². The highest BCUT2D eigenvalue weighted by Gasteiger charge is 2.51. The third-order valence-corrected chi connectivity index (χ3v) is 14.7. The third kappa shape index (κ3) is 12.8. The lowest BCUT2D eigenvalue weighted by atomic mass is 9.66. The molecule has 2 saturated carbocycles. The van der Waals surface area contributed by atoms with Gasteiger partial charge in [-0.25, -0.2) is 0 Å². The number of aromatic hydroxyl groups is 1. The van der Waals surface area contributed by atoms with Crippen molar-refractivity contribution in [2.75, 3.05) is 39.8 Å². The van der Waals surface area contributed by atoms with Crippen LogP contribution in [0.5, 0.6) is 11.5 Å². The number of phenolic OH excluding ortho intramolecular Hbond substituents is 1. The van der Waals surface area contributed by atoms with Crippen LogP contribution in [0.3, 0.4) is 0 Å². The second-order valence-electron chi connectivity index (χ2n) is 19.4. The van der Waals surface area contributed by atoms with Gasteiger partial charge >= 0.3 is 0 Å². The number of hydrogen-bond acceptors (Lipinski definition) is 9. The van der Waals surface area contributed by atoms with Crippen molar-refractivity contribution in [3.63, 3.8) is 0 Å². The fourth-order valence-corrected chi connectivity index (χ4v) is 11.4. The molecule has 3 aliphatic carbocycles. The van der Waals surface area contributed by atoms with E-state index >= 15 is 0 Å². The molecule has 0 aliphatic heterocycles. The minimum Gasteiger partial charge on any atom is -0.504 e. The molecule has 12 heteroatoms. The minimum atomic E-state index is -0.886. The van der Waals surface area contributed by atoms with Crippen LogP contribution in [0, 0.1) is 29.1 Å². The third-order valence-electron chi connectivity index (χ3n) is 14.7. The Morgan fingerprint density at radius 2 is 1.79 bits per heavy atom. The first-order valence-corrected chi connectivity index (χ1v) is 24.1. The normalized spacial score (nSPS) is 21.7. The second-order valence-corrected chi connectivity index (χ2v) is 19.4. The summed E-state index contributed by atoms with van der Waals surface area (Å²) in [5.41, 5.74) is 17.3. The molecular formula is C50H80N6O6. The van der Waals surface area contributed by atoms with Crippen molar-refractivity contribution in [2.45, 2.75) is 154 Å². The Morgan fingerprint density at radius 3 is 2.55 bits per heavy atom. The van der Waals surface area contributed by atoms with Gasteiger partial charge in [0.25, 0.3) is 0 Å². The van der Waals surface area contributed by atoms with Gasteiger partial charge in [-0.3, -0.25) is 4.99 Å².